The van der Waals surface area contributed by atoms with Crippen molar-refractivity contribution in [3.05, 3.63) is 41.3 Å². The van der Waals surface area contributed by atoms with E-state index >= 15 is 0 Å². The Kier molecular flexibility index (Phi) is 5.15. The molecule has 7 heteroatoms. The number of nitrogens with zero attached hydrogens (tertiary/aromatic N) is 2. The van der Waals surface area contributed by atoms with E-state index in [9.17, 15) is 8.42 Å². The molecule has 25 heavy (non-hydrogen) atoms. The molecule has 1 fully saturated rings. The van der Waals surface area contributed by atoms with Crippen LogP contribution in [0.3, 0.4) is 0 Å². The van der Waals surface area contributed by atoms with Crippen molar-refractivity contribution in [3.8, 4) is 5.75 Å². The topological polar surface area (TPSA) is 72.6 Å². The van der Waals surface area contributed by atoms with Gasteiger partial charge in [-0.25, -0.2) is 8.42 Å². The van der Waals surface area contributed by atoms with E-state index in [4.69, 9.17) is 9.26 Å². The van der Waals surface area contributed by atoms with Gasteiger partial charge in [-0.05, 0) is 44.4 Å². The SMILES string of the molecule is COc1ccc(C)cc1S(=O)(=O)N1CCCCCC1c1cc(C)on1. The van der Waals surface area contributed by atoms with Crippen molar-refractivity contribution in [3.63, 3.8) is 0 Å². The standard InChI is InChI=1S/C18H24N2O4S/c1-13-8-9-17(23-3)18(11-13)25(21,22)20-10-6-4-5-7-16(20)15-12-14(2)24-19-15/h8-9,11-12,16H,4-7,10H2,1-3H3. The summed E-state index contributed by atoms with van der Waals surface area (Å²) < 4.78 is 39.0. The van der Waals surface area contributed by atoms with Crippen LogP contribution < -0.4 is 4.74 Å². The number of ether oxygens (including phenoxy) is 1. The van der Waals surface area contributed by atoms with Crippen LogP contribution in [-0.4, -0.2) is 31.5 Å². The fraction of sp³-hybridized carbons (Fsp3) is 0.500. The summed E-state index contributed by atoms with van der Waals surface area (Å²) in [5.74, 6) is 1.05. The van der Waals surface area contributed by atoms with Crippen LogP contribution in [0.25, 0.3) is 0 Å². The number of hydrogen-bond acceptors (Lipinski definition) is 5. The normalized spacial score (nSPS) is 19.6. The van der Waals surface area contributed by atoms with E-state index < -0.39 is 10.0 Å². The average molecular weight is 364 g/mol. The molecule has 0 amide bonds. The second-order valence-electron chi connectivity index (χ2n) is 6.50. The summed E-state index contributed by atoms with van der Waals surface area (Å²) >= 11 is 0. The third-order valence-electron chi connectivity index (χ3n) is 4.60. The van der Waals surface area contributed by atoms with Gasteiger partial charge in [0.2, 0.25) is 10.0 Å². The minimum Gasteiger partial charge on any atom is -0.495 e. The smallest absolute Gasteiger partial charge is 0.247 e. The maximum absolute atomic E-state index is 13.5. The first-order chi connectivity index (χ1) is 11.9. The minimum atomic E-state index is -3.71. The summed E-state index contributed by atoms with van der Waals surface area (Å²) in [6.45, 7) is 4.16. The third kappa shape index (κ3) is 3.57. The highest BCUT2D eigenvalue weighted by Gasteiger charge is 2.36. The predicted octanol–water partition coefficient (Wildman–Crippen LogP) is 3.61. The number of benzene rings is 1. The summed E-state index contributed by atoms with van der Waals surface area (Å²) in [4.78, 5) is 0.210. The van der Waals surface area contributed by atoms with E-state index in [1.807, 2.05) is 26.0 Å². The molecule has 3 rings (SSSR count). The van der Waals surface area contributed by atoms with Gasteiger partial charge in [0.1, 0.15) is 22.1 Å². The van der Waals surface area contributed by atoms with Gasteiger partial charge in [-0.1, -0.05) is 24.1 Å². The molecule has 1 unspecified atom stereocenters. The Morgan fingerprint density at radius 1 is 1.20 bits per heavy atom. The molecule has 0 saturated carbocycles. The lowest BCUT2D eigenvalue weighted by Gasteiger charge is -2.28. The van der Waals surface area contributed by atoms with Crippen molar-refractivity contribution in [1.82, 2.24) is 9.46 Å². The van der Waals surface area contributed by atoms with Crippen LogP contribution in [0, 0.1) is 13.8 Å². The quantitative estimate of drug-likeness (QED) is 0.829. The molecule has 6 nitrogen and oxygen atoms in total. The Balaban J connectivity index is 2.08. The molecule has 1 aliphatic rings. The lowest BCUT2D eigenvalue weighted by molar-refractivity contribution is 0.303. The summed E-state index contributed by atoms with van der Waals surface area (Å²) in [6.07, 6.45) is 3.54. The highest BCUT2D eigenvalue weighted by molar-refractivity contribution is 7.89. The number of hydrogen-bond donors (Lipinski definition) is 0. The van der Waals surface area contributed by atoms with Crippen LogP contribution in [-0.2, 0) is 10.0 Å². The zero-order valence-corrected chi connectivity index (χ0v) is 15.7. The zero-order chi connectivity index (χ0) is 18.0. The molecule has 2 heterocycles. The fourth-order valence-electron chi connectivity index (χ4n) is 3.32. The number of methoxy groups -OCH3 is 1. The first-order valence-corrected chi connectivity index (χ1v) is 9.97. The largest absolute Gasteiger partial charge is 0.495 e. The molecule has 0 aliphatic carbocycles. The fourth-order valence-corrected chi connectivity index (χ4v) is 5.23. The van der Waals surface area contributed by atoms with Crippen LogP contribution in [0.5, 0.6) is 5.75 Å². The second-order valence-corrected chi connectivity index (χ2v) is 8.36. The molecule has 2 aromatic rings. The molecule has 0 spiro atoms. The van der Waals surface area contributed by atoms with E-state index in [1.165, 1.54) is 7.11 Å². The van der Waals surface area contributed by atoms with Crippen molar-refractivity contribution in [2.75, 3.05) is 13.7 Å². The lowest BCUT2D eigenvalue weighted by atomic mass is 10.1. The molecular weight excluding hydrogens is 340 g/mol. The molecule has 1 atom stereocenters. The van der Waals surface area contributed by atoms with Crippen LogP contribution in [0.15, 0.2) is 33.7 Å². The molecule has 1 aliphatic heterocycles. The average Bonchev–Trinajstić information content (AvgIpc) is 2.86. The molecule has 0 N–H and O–H groups in total. The van der Waals surface area contributed by atoms with Crippen LogP contribution in [0.1, 0.15) is 48.7 Å². The van der Waals surface area contributed by atoms with Crippen molar-refractivity contribution >= 4 is 10.0 Å². The van der Waals surface area contributed by atoms with Gasteiger partial charge in [0.15, 0.2) is 0 Å². The van der Waals surface area contributed by atoms with Crippen LogP contribution in [0.4, 0.5) is 0 Å². The predicted molar refractivity (Wildman–Crippen MR) is 94.1 cm³/mol. The molecule has 0 radical (unpaired) electrons. The first-order valence-electron chi connectivity index (χ1n) is 8.53. The number of sulfonamides is 1. The van der Waals surface area contributed by atoms with Gasteiger partial charge in [-0.2, -0.15) is 4.31 Å². The third-order valence-corrected chi connectivity index (χ3v) is 6.53. The van der Waals surface area contributed by atoms with Gasteiger partial charge >= 0.3 is 0 Å². The van der Waals surface area contributed by atoms with E-state index in [0.717, 1.165) is 31.2 Å². The Hall–Kier alpha value is -1.86. The summed E-state index contributed by atoms with van der Waals surface area (Å²) in [5, 5.41) is 4.09. The van der Waals surface area contributed by atoms with E-state index in [0.29, 0.717) is 23.7 Å². The molecular formula is C18H24N2O4S. The molecule has 1 aromatic carbocycles. The van der Waals surface area contributed by atoms with E-state index in [-0.39, 0.29) is 10.9 Å². The zero-order valence-electron chi connectivity index (χ0n) is 14.9. The first kappa shape index (κ1) is 17.9. The van der Waals surface area contributed by atoms with Gasteiger partial charge < -0.3 is 9.26 Å². The maximum Gasteiger partial charge on any atom is 0.247 e. The second kappa shape index (κ2) is 7.17. The van der Waals surface area contributed by atoms with Gasteiger partial charge in [0.05, 0.1) is 13.2 Å². The van der Waals surface area contributed by atoms with E-state index in [2.05, 4.69) is 5.16 Å². The van der Waals surface area contributed by atoms with Gasteiger partial charge in [0.25, 0.3) is 0 Å². The van der Waals surface area contributed by atoms with Gasteiger partial charge in [-0.15, -0.1) is 0 Å². The lowest BCUT2D eigenvalue weighted by Crippen LogP contribution is -2.35. The number of aromatic nitrogens is 1. The molecule has 1 aromatic heterocycles. The maximum atomic E-state index is 13.5. The Bertz CT molecular complexity index is 845. The van der Waals surface area contributed by atoms with Gasteiger partial charge in [-0.3, -0.25) is 0 Å². The van der Waals surface area contributed by atoms with Crippen molar-refractivity contribution in [2.24, 2.45) is 0 Å². The minimum absolute atomic E-state index is 0.210. The monoisotopic (exact) mass is 364 g/mol. The van der Waals surface area contributed by atoms with Crippen molar-refractivity contribution in [2.45, 2.75) is 50.5 Å². The molecule has 136 valence electrons. The summed E-state index contributed by atoms with van der Waals surface area (Å²) in [5.41, 5.74) is 1.55. The highest BCUT2D eigenvalue weighted by Crippen LogP contribution is 2.37. The molecule has 0 bridgehead atoms. The van der Waals surface area contributed by atoms with Crippen LogP contribution in [0.2, 0.25) is 0 Å². The number of rotatable bonds is 4. The van der Waals surface area contributed by atoms with Crippen molar-refractivity contribution < 1.29 is 17.7 Å². The Morgan fingerprint density at radius 2 is 2.00 bits per heavy atom. The van der Waals surface area contributed by atoms with Gasteiger partial charge in [0, 0.05) is 12.6 Å². The van der Waals surface area contributed by atoms with E-state index in [1.54, 1.807) is 16.4 Å². The molecule has 1 saturated heterocycles. The number of aryl methyl sites for hydroxylation is 2. The Morgan fingerprint density at radius 3 is 2.68 bits per heavy atom. The summed E-state index contributed by atoms with van der Waals surface area (Å²) in [6, 6.07) is 6.74. The highest BCUT2D eigenvalue weighted by atomic mass is 32.2. The van der Waals surface area contributed by atoms with Crippen molar-refractivity contribution in [1.29, 1.82) is 0 Å². The van der Waals surface area contributed by atoms with Crippen LogP contribution >= 0.6 is 0 Å². The Labute approximate surface area is 148 Å². The summed E-state index contributed by atoms with van der Waals surface area (Å²) in [7, 11) is -2.22.